The maximum atomic E-state index is 6.05. The van der Waals surface area contributed by atoms with Crippen LogP contribution in [0.15, 0.2) is 91.4 Å². The zero-order chi connectivity index (χ0) is 28.3. The van der Waals surface area contributed by atoms with E-state index in [-0.39, 0.29) is 0 Å². The first-order valence-corrected chi connectivity index (χ1v) is 15.0. The SMILES string of the molecule is CN(Cc1cn2c(N3CCN(Cc4cccc(Oc5ccccc5)c4)CC3)nccc2n1)C1CCCc2cccnc21. The van der Waals surface area contributed by atoms with Crippen LogP contribution in [0.5, 0.6) is 11.5 Å². The molecule has 3 aromatic heterocycles. The number of fused-ring (bicyclic) bond motifs is 2. The number of para-hydroxylation sites is 1. The molecule has 2 aromatic carbocycles. The van der Waals surface area contributed by atoms with Gasteiger partial charge in [-0.15, -0.1) is 0 Å². The topological polar surface area (TPSA) is 62.0 Å². The number of anilines is 1. The number of imidazole rings is 1. The van der Waals surface area contributed by atoms with Gasteiger partial charge in [0, 0.05) is 57.9 Å². The molecule has 8 nitrogen and oxygen atoms in total. The van der Waals surface area contributed by atoms with Crippen molar-refractivity contribution in [3.63, 3.8) is 0 Å². The summed E-state index contributed by atoms with van der Waals surface area (Å²) in [5.74, 6) is 2.70. The number of pyridine rings is 1. The summed E-state index contributed by atoms with van der Waals surface area (Å²) in [5, 5.41) is 0. The molecule has 4 heterocycles. The Morgan fingerprint density at radius 3 is 2.62 bits per heavy atom. The lowest BCUT2D eigenvalue weighted by Crippen LogP contribution is -2.46. The minimum atomic E-state index is 0.330. The zero-order valence-corrected chi connectivity index (χ0v) is 24.1. The van der Waals surface area contributed by atoms with Crippen molar-refractivity contribution in [1.82, 2.24) is 29.2 Å². The molecule has 0 bridgehead atoms. The summed E-state index contributed by atoms with van der Waals surface area (Å²) in [6.07, 6.45) is 9.43. The standard InChI is InChI=1S/C34H37N7O/c1-38(31-14-6-9-27-10-7-16-35-33(27)31)24-28-25-41-32(37-28)15-17-36-34(41)40-20-18-39(19-21-40)23-26-8-5-13-30(22-26)42-29-11-3-2-4-12-29/h2-5,7-8,10-13,15-17,22,25,31H,6,9,14,18-21,23-24H2,1H3. The highest BCUT2D eigenvalue weighted by Gasteiger charge is 2.26. The van der Waals surface area contributed by atoms with Crippen LogP contribution in [0.1, 0.15) is 41.4 Å². The van der Waals surface area contributed by atoms with Gasteiger partial charge >= 0.3 is 0 Å². The maximum Gasteiger partial charge on any atom is 0.211 e. The highest BCUT2D eigenvalue weighted by Crippen LogP contribution is 2.33. The Bertz CT molecular complexity index is 1640. The van der Waals surface area contributed by atoms with E-state index in [1.165, 1.54) is 23.2 Å². The number of aryl methyl sites for hydroxylation is 1. The Morgan fingerprint density at radius 2 is 1.74 bits per heavy atom. The molecule has 42 heavy (non-hydrogen) atoms. The molecule has 214 valence electrons. The average Bonchev–Trinajstić information content (AvgIpc) is 3.44. The van der Waals surface area contributed by atoms with Crippen LogP contribution in [0.4, 0.5) is 5.95 Å². The third kappa shape index (κ3) is 5.73. The summed E-state index contributed by atoms with van der Waals surface area (Å²) >= 11 is 0. The quantitative estimate of drug-likeness (QED) is 0.240. The van der Waals surface area contributed by atoms with Gasteiger partial charge in [-0.05, 0) is 73.8 Å². The first-order chi connectivity index (χ1) is 20.7. The third-order valence-electron chi connectivity index (χ3n) is 8.46. The van der Waals surface area contributed by atoms with Crippen LogP contribution in [0.3, 0.4) is 0 Å². The summed E-state index contributed by atoms with van der Waals surface area (Å²) in [7, 11) is 2.19. The van der Waals surface area contributed by atoms with Crippen LogP contribution in [0.2, 0.25) is 0 Å². The second kappa shape index (κ2) is 11.9. The molecule has 1 atom stereocenters. The van der Waals surface area contributed by atoms with Gasteiger partial charge in [-0.1, -0.05) is 36.4 Å². The molecule has 7 rings (SSSR count). The van der Waals surface area contributed by atoms with Crippen LogP contribution in [-0.4, -0.2) is 62.4 Å². The van der Waals surface area contributed by atoms with Crippen molar-refractivity contribution in [2.45, 2.75) is 38.4 Å². The Balaban J connectivity index is 0.995. The summed E-state index contributed by atoms with van der Waals surface area (Å²) in [4.78, 5) is 21.8. The highest BCUT2D eigenvalue weighted by molar-refractivity contribution is 5.48. The van der Waals surface area contributed by atoms with Crippen molar-refractivity contribution in [3.8, 4) is 11.5 Å². The van der Waals surface area contributed by atoms with E-state index in [1.807, 2.05) is 54.9 Å². The van der Waals surface area contributed by atoms with E-state index < -0.39 is 0 Å². The van der Waals surface area contributed by atoms with Gasteiger partial charge in [-0.25, -0.2) is 9.97 Å². The molecule has 1 aliphatic heterocycles. The van der Waals surface area contributed by atoms with Crippen LogP contribution >= 0.6 is 0 Å². The number of rotatable bonds is 8. The van der Waals surface area contributed by atoms with E-state index in [9.17, 15) is 0 Å². The predicted molar refractivity (Wildman–Crippen MR) is 165 cm³/mol. The summed E-state index contributed by atoms with van der Waals surface area (Å²) in [5.41, 5.74) is 5.88. The zero-order valence-electron chi connectivity index (χ0n) is 24.1. The lowest BCUT2D eigenvalue weighted by molar-refractivity contribution is 0.206. The first-order valence-electron chi connectivity index (χ1n) is 15.0. The van der Waals surface area contributed by atoms with Crippen molar-refractivity contribution in [2.75, 3.05) is 38.1 Å². The fourth-order valence-electron chi connectivity index (χ4n) is 6.34. The van der Waals surface area contributed by atoms with Gasteiger partial charge in [0.1, 0.15) is 17.1 Å². The van der Waals surface area contributed by atoms with E-state index >= 15 is 0 Å². The molecule has 0 saturated carbocycles. The van der Waals surface area contributed by atoms with Gasteiger partial charge in [0.15, 0.2) is 0 Å². The van der Waals surface area contributed by atoms with E-state index in [1.54, 1.807) is 0 Å². The van der Waals surface area contributed by atoms with Gasteiger partial charge in [0.05, 0.1) is 17.4 Å². The molecule has 2 aliphatic rings. The number of ether oxygens (including phenoxy) is 1. The number of hydrogen-bond donors (Lipinski definition) is 0. The Kier molecular flexibility index (Phi) is 7.55. The van der Waals surface area contributed by atoms with Crippen molar-refractivity contribution in [3.05, 3.63) is 114 Å². The molecule has 8 heteroatoms. The van der Waals surface area contributed by atoms with Crippen molar-refractivity contribution < 1.29 is 4.74 Å². The minimum absolute atomic E-state index is 0.330. The fourth-order valence-corrected chi connectivity index (χ4v) is 6.34. The smallest absolute Gasteiger partial charge is 0.211 e. The van der Waals surface area contributed by atoms with Gasteiger partial charge < -0.3 is 9.64 Å². The summed E-state index contributed by atoms with van der Waals surface area (Å²) in [6, 6.07) is 25.0. The van der Waals surface area contributed by atoms with Crippen molar-refractivity contribution in [1.29, 1.82) is 0 Å². The Hall–Kier alpha value is -4.27. The number of hydrogen-bond acceptors (Lipinski definition) is 7. The normalized spacial score (nSPS) is 17.5. The van der Waals surface area contributed by atoms with Crippen LogP contribution in [0, 0.1) is 0 Å². The molecule has 0 amide bonds. The van der Waals surface area contributed by atoms with Crippen molar-refractivity contribution >= 4 is 11.6 Å². The lowest BCUT2D eigenvalue weighted by Gasteiger charge is -2.35. The largest absolute Gasteiger partial charge is 0.457 e. The van der Waals surface area contributed by atoms with Crippen LogP contribution in [-0.2, 0) is 19.5 Å². The first kappa shape index (κ1) is 26.6. The molecule has 1 aliphatic carbocycles. The van der Waals surface area contributed by atoms with Crippen LogP contribution < -0.4 is 9.64 Å². The third-order valence-corrected chi connectivity index (χ3v) is 8.46. The fraction of sp³-hybridized carbons (Fsp3) is 0.324. The molecule has 1 unspecified atom stereocenters. The van der Waals surface area contributed by atoms with Crippen LogP contribution in [0.25, 0.3) is 5.65 Å². The monoisotopic (exact) mass is 559 g/mol. The molecular formula is C34H37N7O. The predicted octanol–water partition coefficient (Wildman–Crippen LogP) is 5.75. The highest BCUT2D eigenvalue weighted by atomic mass is 16.5. The second-order valence-corrected chi connectivity index (χ2v) is 11.4. The molecule has 1 saturated heterocycles. The maximum absolute atomic E-state index is 6.05. The van der Waals surface area contributed by atoms with Gasteiger partial charge in [0.2, 0.25) is 5.95 Å². The summed E-state index contributed by atoms with van der Waals surface area (Å²) < 4.78 is 8.21. The van der Waals surface area contributed by atoms with E-state index in [0.29, 0.717) is 6.04 Å². The minimum Gasteiger partial charge on any atom is -0.457 e. The lowest BCUT2D eigenvalue weighted by atomic mass is 9.91. The number of aromatic nitrogens is 4. The van der Waals surface area contributed by atoms with E-state index in [4.69, 9.17) is 19.7 Å². The van der Waals surface area contributed by atoms with Crippen molar-refractivity contribution in [2.24, 2.45) is 0 Å². The van der Waals surface area contributed by atoms with Gasteiger partial charge in [-0.2, -0.15) is 0 Å². The summed E-state index contributed by atoms with van der Waals surface area (Å²) in [6.45, 7) is 5.47. The number of nitrogens with zero attached hydrogens (tertiary/aromatic N) is 7. The Morgan fingerprint density at radius 1 is 0.881 bits per heavy atom. The number of piperazine rings is 1. The van der Waals surface area contributed by atoms with Gasteiger partial charge in [-0.3, -0.25) is 19.2 Å². The second-order valence-electron chi connectivity index (χ2n) is 11.4. The molecule has 1 fully saturated rings. The number of benzene rings is 2. The molecule has 0 N–H and O–H groups in total. The van der Waals surface area contributed by atoms with E-state index in [0.717, 1.165) is 80.9 Å². The van der Waals surface area contributed by atoms with E-state index in [2.05, 4.69) is 62.7 Å². The average molecular weight is 560 g/mol. The van der Waals surface area contributed by atoms with Gasteiger partial charge in [0.25, 0.3) is 0 Å². The molecule has 5 aromatic rings. The Labute approximate surface area is 247 Å². The molecule has 0 radical (unpaired) electrons. The molecule has 0 spiro atoms. The molecular weight excluding hydrogens is 522 g/mol.